The average molecular weight is 295 g/mol. The van der Waals surface area contributed by atoms with Crippen LogP contribution in [0.2, 0.25) is 0 Å². The Hall–Kier alpha value is -1.73. The minimum absolute atomic E-state index is 0.0487. The normalized spacial score (nSPS) is 10.4. The zero-order chi connectivity index (χ0) is 13.8. The van der Waals surface area contributed by atoms with E-state index >= 15 is 0 Å². The number of amides is 2. The van der Waals surface area contributed by atoms with Crippen LogP contribution in [0, 0.1) is 0 Å². The number of primary amides is 1. The van der Waals surface area contributed by atoms with E-state index in [2.05, 4.69) is 10.3 Å². The van der Waals surface area contributed by atoms with Crippen LogP contribution in [-0.4, -0.2) is 16.8 Å². The molecule has 19 heavy (non-hydrogen) atoms. The summed E-state index contributed by atoms with van der Waals surface area (Å²) in [6.07, 6.45) is 0.175. The number of carbonyl (C=O) groups is 2. The molecular formula is C12H13N3O2S2. The van der Waals surface area contributed by atoms with Gasteiger partial charge in [0.1, 0.15) is 5.01 Å². The molecule has 0 aliphatic carbocycles. The molecule has 0 spiro atoms. The Morgan fingerprint density at radius 3 is 2.89 bits per heavy atom. The highest BCUT2D eigenvalue weighted by Gasteiger charge is 2.09. The van der Waals surface area contributed by atoms with Gasteiger partial charge in [-0.15, -0.1) is 22.7 Å². The van der Waals surface area contributed by atoms with Crippen molar-refractivity contribution >= 4 is 34.5 Å². The minimum atomic E-state index is -0.376. The molecule has 2 rings (SSSR count). The molecule has 2 aromatic rings. The Morgan fingerprint density at radius 2 is 2.21 bits per heavy atom. The fourth-order valence-electron chi connectivity index (χ4n) is 1.48. The van der Waals surface area contributed by atoms with Crippen molar-refractivity contribution in [1.29, 1.82) is 0 Å². The quantitative estimate of drug-likeness (QED) is 0.877. The molecule has 0 unspecified atom stereocenters. The lowest BCUT2D eigenvalue weighted by Gasteiger charge is -1.97. The summed E-state index contributed by atoms with van der Waals surface area (Å²) in [6.45, 7) is 2.02. The first-order chi connectivity index (χ1) is 9.04. The van der Waals surface area contributed by atoms with Gasteiger partial charge < -0.3 is 11.1 Å². The highest BCUT2D eigenvalue weighted by molar-refractivity contribution is 7.16. The molecule has 0 aliphatic heterocycles. The number of hydrogen-bond acceptors (Lipinski definition) is 5. The number of nitrogens with one attached hydrogen (secondary N) is 1. The SMILES string of the molecule is CC(=O)NCc1ccc(-c2csc(CC(N)=O)n2)s1. The maximum absolute atomic E-state index is 10.8. The lowest BCUT2D eigenvalue weighted by molar-refractivity contribution is -0.119. The van der Waals surface area contributed by atoms with Crippen molar-refractivity contribution in [3.05, 3.63) is 27.4 Å². The van der Waals surface area contributed by atoms with Gasteiger partial charge in [0.2, 0.25) is 11.8 Å². The number of hydrogen-bond donors (Lipinski definition) is 2. The predicted molar refractivity (Wildman–Crippen MR) is 75.8 cm³/mol. The van der Waals surface area contributed by atoms with Crippen molar-refractivity contribution in [2.45, 2.75) is 19.9 Å². The molecule has 0 fully saturated rings. The molecule has 2 amide bonds. The number of thiophene rings is 1. The van der Waals surface area contributed by atoms with E-state index in [-0.39, 0.29) is 18.2 Å². The molecule has 5 nitrogen and oxygen atoms in total. The van der Waals surface area contributed by atoms with Gasteiger partial charge in [-0.25, -0.2) is 4.98 Å². The summed E-state index contributed by atoms with van der Waals surface area (Å²) in [6, 6.07) is 3.92. The Morgan fingerprint density at radius 1 is 1.42 bits per heavy atom. The van der Waals surface area contributed by atoms with Crippen LogP contribution in [0.15, 0.2) is 17.5 Å². The smallest absolute Gasteiger partial charge is 0.224 e. The summed E-state index contributed by atoms with van der Waals surface area (Å²) in [5.74, 6) is -0.425. The van der Waals surface area contributed by atoms with Crippen LogP contribution in [0.3, 0.4) is 0 Å². The second-order valence-electron chi connectivity index (χ2n) is 3.95. The van der Waals surface area contributed by atoms with Crippen molar-refractivity contribution < 1.29 is 9.59 Å². The van der Waals surface area contributed by atoms with Crippen LogP contribution in [0.25, 0.3) is 10.6 Å². The van der Waals surface area contributed by atoms with E-state index in [0.29, 0.717) is 6.54 Å². The van der Waals surface area contributed by atoms with E-state index in [4.69, 9.17) is 5.73 Å². The zero-order valence-corrected chi connectivity index (χ0v) is 11.9. The number of thiazole rings is 1. The molecule has 0 saturated carbocycles. The van der Waals surface area contributed by atoms with Gasteiger partial charge in [0.15, 0.2) is 0 Å². The predicted octanol–water partition coefficient (Wildman–Crippen LogP) is 1.54. The summed E-state index contributed by atoms with van der Waals surface area (Å²) < 4.78 is 0. The monoisotopic (exact) mass is 295 g/mol. The van der Waals surface area contributed by atoms with Crippen molar-refractivity contribution in [2.24, 2.45) is 5.73 Å². The largest absolute Gasteiger partial charge is 0.369 e. The molecule has 100 valence electrons. The second kappa shape index (κ2) is 5.94. The molecule has 7 heteroatoms. The minimum Gasteiger partial charge on any atom is -0.369 e. The molecule has 0 aromatic carbocycles. The number of nitrogens with zero attached hydrogens (tertiary/aromatic N) is 1. The summed E-state index contributed by atoms with van der Waals surface area (Å²) in [5, 5.41) is 5.38. The number of carbonyl (C=O) groups excluding carboxylic acids is 2. The van der Waals surface area contributed by atoms with Crippen LogP contribution in [0.1, 0.15) is 16.8 Å². The fraction of sp³-hybridized carbons (Fsp3) is 0.250. The maximum Gasteiger partial charge on any atom is 0.224 e. The fourth-order valence-corrected chi connectivity index (χ4v) is 3.26. The van der Waals surface area contributed by atoms with Crippen molar-refractivity contribution in [2.75, 3.05) is 0 Å². The van der Waals surface area contributed by atoms with Crippen LogP contribution in [0.4, 0.5) is 0 Å². The number of nitrogens with two attached hydrogens (primary N) is 1. The molecule has 0 atom stereocenters. The van der Waals surface area contributed by atoms with E-state index in [1.54, 1.807) is 11.3 Å². The molecule has 2 aromatic heterocycles. The first-order valence-electron chi connectivity index (χ1n) is 5.61. The average Bonchev–Trinajstić information content (AvgIpc) is 2.93. The molecular weight excluding hydrogens is 282 g/mol. The van der Waals surface area contributed by atoms with E-state index in [1.807, 2.05) is 17.5 Å². The standard InChI is InChI=1S/C12H13N3O2S2/c1-7(16)14-5-8-2-3-10(19-8)9-6-18-12(15-9)4-11(13)17/h2-3,6H,4-5H2,1H3,(H2,13,17)(H,14,16). The number of rotatable bonds is 5. The Labute approximate surface area is 118 Å². The first-order valence-corrected chi connectivity index (χ1v) is 7.30. The Kier molecular flexibility index (Phi) is 4.28. The lowest BCUT2D eigenvalue weighted by Crippen LogP contribution is -2.17. The van der Waals surface area contributed by atoms with Gasteiger partial charge in [0.05, 0.1) is 23.5 Å². The van der Waals surface area contributed by atoms with Gasteiger partial charge in [0.25, 0.3) is 0 Å². The van der Waals surface area contributed by atoms with Gasteiger partial charge in [-0.2, -0.15) is 0 Å². The van der Waals surface area contributed by atoms with Gasteiger partial charge in [-0.1, -0.05) is 0 Å². The van der Waals surface area contributed by atoms with Crippen LogP contribution < -0.4 is 11.1 Å². The van der Waals surface area contributed by atoms with Gasteiger partial charge >= 0.3 is 0 Å². The molecule has 2 heterocycles. The van der Waals surface area contributed by atoms with E-state index in [0.717, 1.165) is 20.5 Å². The summed E-state index contributed by atoms with van der Waals surface area (Å²) in [7, 11) is 0. The zero-order valence-electron chi connectivity index (χ0n) is 10.3. The maximum atomic E-state index is 10.8. The molecule has 0 saturated heterocycles. The second-order valence-corrected chi connectivity index (χ2v) is 6.06. The highest BCUT2D eigenvalue weighted by atomic mass is 32.1. The Bertz CT molecular complexity index is 604. The van der Waals surface area contributed by atoms with Gasteiger partial charge in [-0.05, 0) is 12.1 Å². The third-order valence-corrected chi connectivity index (χ3v) is 4.26. The summed E-state index contributed by atoms with van der Waals surface area (Å²) in [4.78, 5) is 28.1. The van der Waals surface area contributed by atoms with Gasteiger partial charge in [0, 0.05) is 17.2 Å². The van der Waals surface area contributed by atoms with Crippen LogP contribution in [-0.2, 0) is 22.6 Å². The Balaban J connectivity index is 2.07. The first kappa shape index (κ1) is 13.7. The van der Waals surface area contributed by atoms with Crippen LogP contribution >= 0.6 is 22.7 Å². The third-order valence-electron chi connectivity index (χ3n) is 2.30. The van der Waals surface area contributed by atoms with E-state index < -0.39 is 0 Å². The van der Waals surface area contributed by atoms with Crippen LogP contribution in [0.5, 0.6) is 0 Å². The molecule has 0 radical (unpaired) electrons. The van der Waals surface area contributed by atoms with Crippen molar-refractivity contribution in [3.8, 4) is 10.6 Å². The van der Waals surface area contributed by atoms with Crippen molar-refractivity contribution in [1.82, 2.24) is 10.3 Å². The highest BCUT2D eigenvalue weighted by Crippen LogP contribution is 2.29. The number of aromatic nitrogens is 1. The lowest BCUT2D eigenvalue weighted by atomic mass is 10.3. The van der Waals surface area contributed by atoms with Crippen molar-refractivity contribution in [3.63, 3.8) is 0 Å². The molecule has 0 bridgehead atoms. The molecule has 3 N–H and O–H groups in total. The summed E-state index contributed by atoms with van der Waals surface area (Å²) in [5.41, 5.74) is 5.98. The third kappa shape index (κ3) is 3.87. The topological polar surface area (TPSA) is 85.1 Å². The molecule has 0 aliphatic rings. The van der Waals surface area contributed by atoms with Gasteiger partial charge in [-0.3, -0.25) is 9.59 Å². The van der Waals surface area contributed by atoms with E-state index in [1.165, 1.54) is 18.3 Å². The summed E-state index contributed by atoms with van der Waals surface area (Å²) >= 11 is 3.00. The van der Waals surface area contributed by atoms with E-state index in [9.17, 15) is 9.59 Å².